The van der Waals surface area contributed by atoms with Crippen molar-refractivity contribution in [2.24, 2.45) is 5.92 Å². The van der Waals surface area contributed by atoms with Gasteiger partial charge in [-0.1, -0.05) is 48.8 Å². The Morgan fingerprint density at radius 3 is 2.70 bits per heavy atom. The Morgan fingerprint density at radius 1 is 1.22 bits per heavy atom. The topological polar surface area (TPSA) is 52.4 Å². The van der Waals surface area contributed by atoms with Crippen molar-refractivity contribution in [2.75, 3.05) is 43.6 Å². The average Bonchev–Trinajstić information content (AvgIpc) is 3.03. The zero-order chi connectivity index (χ0) is 19.2. The highest BCUT2D eigenvalue weighted by Crippen LogP contribution is 2.28. The largest absolute Gasteiger partial charge is 0.491 e. The van der Waals surface area contributed by atoms with E-state index in [9.17, 15) is 0 Å². The molecular formula is C18H24Cl2N4O2S. The summed E-state index contributed by atoms with van der Waals surface area (Å²) in [7, 11) is 0. The van der Waals surface area contributed by atoms with Crippen molar-refractivity contribution in [2.45, 2.75) is 25.5 Å². The number of hydrogen-bond donors (Lipinski definition) is 0. The van der Waals surface area contributed by atoms with Gasteiger partial charge in [0.05, 0.1) is 24.8 Å². The highest BCUT2D eigenvalue weighted by atomic mass is 35.5. The van der Waals surface area contributed by atoms with E-state index in [1.165, 1.54) is 0 Å². The van der Waals surface area contributed by atoms with Crippen LogP contribution in [0.3, 0.4) is 0 Å². The standard InChI is InChI=1S/C18H24Cl2N4O2S/c1-13(2)12-24-17(23-5-7-25-8-6-23)21-22-18(24)27-10-9-26-16-4-3-14(19)11-15(16)20/h3-4,11,13H,5-10,12H2,1-2H3. The molecule has 0 spiro atoms. The van der Waals surface area contributed by atoms with Crippen molar-refractivity contribution < 1.29 is 9.47 Å². The fourth-order valence-electron chi connectivity index (χ4n) is 2.79. The molecule has 27 heavy (non-hydrogen) atoms. The number of morpholine rings is 1. The van der Waals surface area contributed by atoms with Crippen LogP contribution < -0.4 is 9.64 Å². The van der Waals surface area contributed by atoms with Crippen molar-refractivity contribution in [3.63, 3.8) is 0 Å². The molecule has 1 aliphatic heterocycles. The minimum atomic E-state index is 0.504. The SMILES string of the molecule is CC(C)Cn1c(SCCOc2ccc(Cl)cc2Cl)nnc1N1CCOCC1. The van der Waals surface area contributed by atoms with E-state index in [0.717, 1.165) is 49.7 Å². The molecule has 1 saturated heterocycles. The fourth-order valence-corrected chi connectivity index (χ4v) is 4.01. The Balaban J connectivity index is 1.61. The molecule has 1 aromatic heterocycles. The molecule has 148 valence electrons. The van der Waals surface area contributed by atoms with Crippen LogP contribution in [0, 0.1) is 5.92 Å². The van der Waals surface area contributed by atoms with Crippen LogP contribution in [0.4, 0.5) is 5.95 Å². The fraction of sp³-hybridized carbons (Fsp3) is 0.556. The first-order valence-electron chi connectivity index (χ1n) is 9.01. The second kappa shape index (κ2) is 9.87. The lowest BCUT2D eigenvalue weighted by atomic mass is 10.2. The van der Waals surface area contributed by atoms with E-state index in [4.69, 9.17) is 32.7 Å². The summed E-state index contributed by atoms with van der Waals surface area (Å²) in [6.07, 6.45) is 0. The summed E-state index contributed by atoms with van der Waals surface area (Å²) < 4.78 is 13.4. The van der Waals surface area contributed by atoms with Gasteiger partial charge in [0.1, 0.15) is 5.75 Å². The van der Waals surface area contributed by atoms with Gasteiger partial charge in [0.15, 0.2) is 5.16 Å². The maximum absolute atomic E-state index is 6.14. The first-order valence-corrected chi connectivity index (χ1v) is 10.8. The van der Waals surface area contributed by atoms with Gasteiger partial charge in [-0.05, 0) is 24.1 Å². The number of thioether (sulfide) groups is 1. The van der Waals surface area contributed by atoms with Crippen LogP contribution in [0.15, 0.2) is 23.4 Å². The Labute approximate surface area is 174 Å². The summed E-state index contributed by atoms with van der Waals surface area (Å²) in [5.74, 6) is 2.82. The van der Waals surface area contributed by atoms with E-state index in [0.29, 0.717) is 28.3 Å². The number of halogens is 2. The van der Waals surface area contributed by atoms with Gasteiger partial charge >= 0.3 is 0 Å². The molecule has 6 nitrogen and oxygen atoms in total. The van der Waals surface area contributed by atoms with Crippen LogP contribution in [0.5, 0.6) is 5.75 Å². The maximum Gasteiger partial charge on any atom is 0.228 e. The molecule has 0 saturated carbocycles. The summed E-state index contributed by atoms with van der Waals surface area (Å²) in [4.78, 5) is 2.24. The number of nitrogens with zero attached hydrogens (tertiary/aromatic N) is 4. The van der Waals surface area contributed by atoms with Crippen LogP contribution in [-0.4, -0.2) is 53.4 Å². The van der Waals surface area contributed by atoms with E-state index in [1.54, 1.807) is 30.0 Å². The highest BCUT2D eigenvalue weighted by molar-refractivity contribution is 7.99. The van der Waals surface area contributed by atoms with E-state index in [1.807, 2.05) is 0 Å². The van der Waals surface area contributed by atoms with Crippen LogP contribution in [0.1, 0.15) is 13.8 Å². The number of rotatable bonds is 8. The second-order valence-corrected chi connectivity index (χ2v) is 8.56. The third kappa shape index (κ3) is 5.67. The predicted octanol–water partition coefficient (Wildman–Crippen LogP) is 4.25. The monoisotopic (exact) mass is 430 g/mol. The van der Waals surface area contributed by atoms with Gasteiger partial charge in [-0.15, -0.1) is 10.2 Å². The van der Waals surface area contributed by atoms with Crippen molar-refractivity contribution in [3.8, 4) is 5.75 Å². The molecule has 0 aliphatic carbocycles. The molecule has 9 heteroatoms. The summed E-state index contributed by atoms with van der Waals surface area (Å²) in [6, 6.07) is 5.23. The zero-order valence-electron chi connectivity index (χ0n) is 15.5. The summed E-state index contributed by atoms with van der Waals surface area (Å²) >= 11 is 13.7. The summed E-state index contributed by atoms with van der Waals surface area (Å²) in [5.41, 5.74) is 0. The molecule has 2 aromatic rings. The molecule has 0 N–H and O–H groups in total. The van der Waals surface area contributed by atoms with Crippen molar-refractivity contribution in [1.29, 1.82) is 0 Å². The van der Waals surface area contributed by atoms with Gasteiger partial charge in [-0.25, -0.2) is 0 Å². The Morgan fingerprint density at radius 2 is 2.00 bits per heavy atom. The van der Waals surface area contributed by atoms with Crippen LogP contribution in [0.2, 0.25) is 10.0 Å². The molecule has 3 rings (SSSR count). The lowest BCUT2D eigenvalue weighted by molar-refractivity contribution is 0.121. The van der Waals surface area contributed by atoms with E-state index < -0.39 is 0 Å². The van der Waals surface area contributed by atoms with Gasteiger partial charge in [0, 0.05) is 30.4 Å². The van der Waals surface area contributed by atoms with Crippen LogP contribution in [0.25, 0.3) is 0 Å². The molecule has 1 aromatic carbocycles. The zero-order valence-corrected chi connectivity index (χ0v) is 17.9. The number of benzene rings is 1. The normalized spacial score (nSPS) is 14.8. The smallest absolute Gasteiger partial charge is 0.228 e. The average molecular weight is 431 g/mol. The number of ether oxygens (including phenoxy) is 2. The van der Waals surface area contributed by atoms with Crippen LogP contribution >= 0.6 is 35.0 Å². The van der Waals surface area contributed by atoms with Crippen LogP contribution in [-0.2, 0) is 11.3 Å². The molecule has 1 aliphatic rings. The van der Waals surface area contributed by atoms with Gasteiger partial charge in [0.25, 0.3) is 0 Å². The first-order chi connectivity index (χ1) is 13.0. The molecule has 0 atom stereocenters. The quantitative estimate of drug-likeness (QED) is 0.460. The molecule has 0 unspecified atom stereocenters. The maximum atomic E-state index is 6.14. The lowest BCUT2D eigenvalue weighted by Crippen LogP contribution is -2.38. The number of hydrogen-bond acceptors (Lipinski definition) is 6. The summed E-state index contributed by atoms with van der Waals surface area (Å²) in [6.45, 7) is 8.95. The Kier molecular flexibility index (Phi) is 7.52. The molecule has 0 amide bonds. The molecule has 0 radical (unpaired) electrons. The lowest BCUT2D eigenvalue weighted by Gasteiger charge is -2.28. The van der Waals surface area contributed by atoms with Gasteiger partial charge in [0.2, 0.25) is 5.95 Å². The predicted molar refractivity (Wildman–Crippen MR) is 111 cm³/mol. The number of aromatic nitrogens is 3. The first kappa shape index (κ1) is 20.6. The van der Waals surface area contributed by atoms with Crippen molar-refractivity contribution in [1.82, 2.24) is 14.8 Å². The third-order valence-corrected chi connectivity index (χ3v) is 5.47. The summed E-state index contributed by atoms with van der Waals surface area (Å²) in [5, 5.41) is 10.9. The van der Waals surface area contributed by atoms with Gasteiger partial charge < -0.3 is 14.4 Å². The minimum absolute atomic E-state index is 0.504. The molecular weight excluding hydrogens is 407 g/mol. The van der Waals surface area contributed by atoms with E-state index in [2.05, 4.69) is 33.5 Å². The Hall–Kier alpha value is -1.15. The molecule has 1 fully saturated rings. The molecule has 2 heterocycles. The Bertz CT molecular complexity index is 751. The van der Waals surface area contributed by atoms with E-state index in [-0.39, 0.29) is 0 Å². The van der Waals surface area contributed by atoms with Gasteiger partial charge in [-0.2, -0.15) is 0 Å². The second-order valence-electron chi connectivity index (χ2n) is 6.66. The van der Waals surface area contributed by atoms with Crippen molar-refractivity contribution in [3.05, 3.63) is 28.2 Å². The highest BCUT2D eigenvalue weighted by Gasteiger charge is 2.21. The van der Waals surface area contributed by atoms with Gasteiger partial charge in [-0.3, -0.25) is 4.57 Å². The van der Waals surface area contributed by atoms with Crippen molar-refractivity contribution >= 4 is 40.9 Å². The minimum Gasteiger partial charge on any atom is -0.491 e. The van der Waals surface area contributed by atoms with E-state index >= 15 is 0 Å². The third-order valence-electron chi connectivity index (χ3n) is 4.00. The number of anilines is 1. The molecule has 0 bridgehead atoms.